The second-order valence-electron chi connectivity index (χ2n) is 4.05. The van der Waals surface area contributed by atoms with E-state index in [4.69, 9.17) is 11.6 Å². The fourth-order valence-corrected chi connectivity index (χ4v) is 2.13. The van der Waals surface area contributed by atoms with Gasteiger partial charge in [0.25, 0.3) is 0 Å². The molecule has 2 unspecified atom stereocenters. The number of nitrogens with one attached hydrogen (secondary N) is 1. The Morgan fingerprint density at radius 2 is 2.13 bits per heavy atom. The molecular formula is C12H15ClFN. The summed E-state index contributed by atoms with van der Waals surface area (Å²) in [6.07, 6.45) is 1.74. The molecule has 1 nitrogen and oxygen atoms in total. The zero-order valence-electron chi connectivity index (χ0n) is 8.55. The second kappa shape index (κ2) is 4.95. The van der Waals surface area contributed by atoms with E-state index >= 15 is 0 Å². The molecule has 3 heteroatoms. The Kier molecular flexibility index (Phi) is 3.60. The second-order valence-corrected chi connectivity index (χ2v) is 4.49. The summed E-state index contributed by atoms with van der Waals surface area (Å²) in [5, 5.41) is 3.89. The van der Waals surface area contributed by atoms with E-state index in [1.54, 1.807) is 0 Å². The molecule has 82 valence electrons. The fourth-order valence-electron chi connectivity index (χ4n) is 2.01. The van der Waals surface area contributed by atoms with E-state index in [-0.39, 0.29) is 6.04 Å². The minimum absolute atomic E-state index is 0.0423. The Bertz CT molecular complexity index is 306. The van der Waals surface area contributed by atoms with Crippen LogP contribution in [0.3, 0.4) is 0 Å². The molecule has 2 atom stereocenters. The summed E-state index contributed by atoms with van der Waals surface area (Å²) in [7, 11) is 0. The van der Waals surface area contributed by atoms with Gasteiger partial charge in [-0.05, 0) is 37.1 Å². The van der Waals surface area contributed by atoms with E-state index in [9.17, 15) is 4.39 Å². The summed E-state index contributed by atoms with van der Waals surface area (Å²) in [5.41, 5.74) is 1.01. The molecule has 0 amide bonds. The minimum atomic E-state index is -0.784. The predicted octanol–water partition coefficient (Wildman–Crippen LogP) is 2.97. The van der Waals surface area contributed by atoms with Crippen molar-refractivity contribution in [2.75, 3.05) is 6.54 Å². The number of halogens is 2. The first kappa shape index (κ1) is 10.9. The SMILES string of the molecule is FC(Cc1ccc(Cl)cc1)C1CCCN1. The molecule has 0 spiro atoms. The maximum absolute atomic E-state index is 13.8. The van der Waals surface area contributed by atoms with Crippen molar-refractivity contribution >= 4 is 11.6 Å². The van der Waals surface area contributed by atoms with Gasteiger partial charge in [-0.2, -0.15) is 0 Å². The summed E-state index contributed by atoms with van der Waals surface area (Å²) >= 11 is 5.77. The quantitative estimate of drug-likeness (QED) is 0.837. The van der Waals surface area contributed by atoms with Crippen molar-refractivity contribution in [3.63, 3.8) is 0 Å². The van der Waals surface area contributed by atoms with Crippen LogP contribution in [0.15, 0.2) is 24.3 Å². The van der Waals surface area contributed by atoms with Crippen LogP contribution in [0.1, 0.15) is 18.4 Å². The van der Waals surface area contributed by atoms with Crippen molar-refractivity contribution in [1.82, 2.24) is 5.32 Å². The van der Waals surface area contributed by atoms with Gasteiger partial charge < -0.3 is 5.32 Å². The summed E-state index contributed by atoms with van der Waals surface area (Å²) in [6.45, 7) is 0.950. The lowest BCUT2D eigenvalue weighted by Gasteiger charge is -2.15. The van der Waals surface area contributed by atoms with Crippen molar-refractivity contribution in [1.29, 1.82) is 0 Å². The molecule has 0 aromatic heterocycles. The van der Waals surface area contributed by atoms with E-state index in [1.807, 2.05) is 24.3 Å². The molecule has 1 fully saturated rings. The third-order valence-corrected chi connectivity index (χ3v) is 3.13. The lowest BCUT2D eigenvalue weighted by atomic mass is 10.0. The fraction of sp³-hybridized carbons (Fsp3) is 0.500. The van der Waals surface area contributed by atoms with Gasteiger partial charge in [0, 0.05) is 17.5 Å². The molecule has 2 rings (SSSR count). The summed E-state index contributed by atoms with van der Waals surface area (Å²) in [6, 6.07) is 7.45. The average Bonchev–Trinajstić information content (AvgIpc) is 2.74. The van der Waals surface area contributed by atoms with E-state index in [1.165, 1.54) is 0 Å². The molecule has 1 saturated heterocycles. The molecular weight excluding hydrogens is 213 g/mol. The molecule has 0 radical (unpaired) electrons. The lowest BCUT2D eigenvalue weighted by molar-refractivity contribution is 0.264. The molecule has 1 aliphatic heterocycles. The van der Waals surface area contributed by atoms with Crippen LogP contribution in [-0.4, -0.2) is 18.8 Å². The van der Waals surface area contributed by atoms with Crippen LogP contribution in [0, 0.1) is 0 Å². The van der Waals surface area contributed by atoms with Crippen molar-refractivity contribution in [3.8, 4) is 0 Å². The third-order valence-electron chi connectivity index (χ3n) is 2.88. The van der Waals surface area contributed by atoms with Crippen molar-refractivity contribution < 1.29 is 4.39 Å². The van der Waals surface area contributed by atoms with E-state index in [2.05, 4.69) is 5.32 Å². The minimum Gasteiger partial charge on any atom is -0.311 e. The largest absolute Gasteiger partial charge is 0.311 e. The third kappa shape index (κ3) is 2.93. The Morgan fingerprint density at radius 1 is 1.40 bits per heavy atom. The molecule has 1 aliphatic rings. The zero-order valence-corrected chi connectivity index (χ0v) is 9.30. The topological polar surface area (TPSA) is 12.0 Å². The number of benzene rings is 1. The van der Waals surface area contributed by atoms with Gasteiger partial charge in [0.1, 0.15) is 6.17 Å². The van der Waals surface area contributed by atoms with Crippen LogP contribution in [0.5, 0.6) is 0 Å². The van der Waals surface area contributed by atoms with Gasteiger partial charge in [-0.1, -0.05) is 23.7 Å². The van der Waals surface area contributed by atoms with E-state index in [0.29, 0.717) is 11.4 Å². The van der Waals surface area contributed by atoms with Gasteiger partial charge in [-0.25, -0.2) is 4.39 Å². The van der Waals surface area contributed by atoms with Gasteiger partial charge in [-0.3, -0.25) is 0 Å². The van der Waals surface area contributed by atoms with E-state index in [0.717, 1.165) is 24.9 Å². The van der Waals surface area contributed by atoms with Crippen LogP contribution >= 0.6 is 11.6 Å². The smallest absolute Gasteiger partial charge is 0.119 e. The Hall–Kier alpha value is -0.600. The van der Waals surface area contributed by atoms with Crippen LogP contribution in [-0.2, 0) is 6.42 Å². The molecule has 0 bridgehead atoms. The Balaban J connectivity index is 1.92. The number of alkyl halides is 1. The van der Waals surface area contributed by atoms with E-state index < -0.39 is 6.17 Å². The van der Waals surface area contributed by atoms with Crippen molar-refractivity contribution in [2.24, 2.45) is 0 Å². The van der Waals surface area contributed by atoms with Gasteiger partial charge in [-0.15, -0.1) is 0 Å². The average molecular weight is 228 g/mol. The monoisotopic (exact) mass is 227 g/mol. The first-order chi connectivity index (χ1) is 7.25. The van der Waals surface area contributed by atoms with Crippen molar-refractivity contribution in [2.45, 2.75) is 31.5 Å². The summed E-state index contributed by atoms with van der Waals surface area (Å²) < 4.78 is 13.8. The Labute approximate surface area is 94.6 Å². The maximum atomic E-state index is 13.8. The molecule has 1 aromatic carbocycles. The molecule has 15 heavy (non-hydrogen) atoms. The predicted molar refractivity (Wildman–Crippen MR) is 61.1 cm³/mol. The standard InChI is InChI=1S/C12H15ClFN/c13-10-5-3-9(4-6-10)8-11(14)12-2-1-7-15-12/h3-6,11-12,15H,1-2,7-8H2. The number of hydrogen-bond acceptors (Lipinski definition) is 1. The molecule has 1 aromatic rings. The lowest BCUT2D eigenvalue weighted by Crippen LogP contribution is -2.33. The molecule has 0 aliphatic carbocycles. The van der Waals surface area contributed by atoms with Gasteiger partial charge in [0.15, 0.2) is 0 Å². The van der Waals surface area contributed by atoms with Crippen LogP contribution < -0.4 is 5.32 Å². The summed E-state index contributed by atoms with van der Waals surface area (Å²) in [4.78, 5) is 0. The van der Waals surface area contributed by atoms with Gasteiger partial charge >= 0.3 is 0 Å². The Morgan fingerprint density at radius 3 is 2.73 bits per heavy atom. The van der Waals surface area contributed by atoms with Crippen LogP contribution in [0.2, 0.25) is 5.02 Å². The van der Waals surface area contributed by atoms with Crippen molar-refractivity contribution in [3.05, 3.63) is 34.9 Å². The normalized spacial score (nSPS) is 22.9. The first-order valence-corrected chi connectivity index (χ1v) is 5.75. The molecule has 1 N–H and O–H groups in total. The molecule has 0 saturated carbocycles. The highest BCUT2D eigenvalue weighted by Crippen LogP contribution is 2.17. The zero-order chi connectivity index (χ0) is 10.7. The first-order valence-electron chi connectivity index (χ1n) is 5.37. The highest BCUT2D eigenvalue weighted by molar-refractivity contribution is 6.30. The van der Waals surface area contributed by atoms with Crippen LogP contribution in [0.4, 0.5) is 4.39 Å². The molecule has 1 heterocycles. The highest BCUT2D eigenvalue weighted by atomic mass is 35.5. The van der Waals surface area contributed by atoms with Crippen LogP contribution in [0.25, 0.3) is 0 Å². The van der Waals surface area contributed by atoms with Gasteiger partial charge in [0.05, 0.1) is 0 Å². The number of hydrogen-bond donors (Lipinski definition) is 1. The highest BCUT2D eigenvalue weighted by Gasteiger charge is 2.23. The maximum Gasteiger partial charge on any atom is 0.119 e. The van der Waals surface area contributed by atoms with Gasteiger partial charge in [0.2, 0.25) is 0 Å². The summed E-state index contributed by atoms with van der Waals surface area (Å²) in [5.74, 6) is 0. The number of rotatable bonds is 3.